The summed E-state index contributed by atoms with van der Waals surface area (Å²) < 4.78 is 0. The van der Waals surface area contributed by atoms with Crippen molar-refractivity contribution >= 4 is 0 Å². The molecule has 7 atom stereocenters. The van der Waals surface area contributed by atoms with Gasteiger partial charge in [0.25, 0.3) is 0 Å². The molecule has 4 aliphatic rings. The summed E-state index contributed by atoms with van der Waals surface area (Å²) in [6, 6.07) is 0. The van der Waals surface area contributed by atoms with Gasteiger partial charge in [0.2, 0.25) is 0 Å². The van der Waals surface area contributed by atoms with Gasteiger partial charge in [-0.2, -0.15) is 0 Å². The van der Waals surface area contributed by atoms with Crippen molar-refractivity contribution in [3.63, 3.8) is 0 Å². The summed E-state index contributed by atoms with van der Waals surface area (Å²) in [5, 5.41) is 0. The van der Waals surface area contributed by atoms with Gasteiger partial charge in [-0.3, -0.25) is 0 Å². The highest BCUT2D eigenvalue weighted by Gasteiger charge is 2.61. The summed E-state index contributed by atoms with van der Waals surface area (Å²) in [6.07, 6.45) is 8.05. The lowest BCUT2D eigenvalue weighted by atomic mass is 9.68. The standard InChI is InChI=1S/C13H20/c1-7-4-10-6-11(7)13-9-3-2-8(5-9)12(10)13/h7-13H,2-6H2,1H3. The molecule has 4 aliphatic carbocycles. The predicted octanol–water partition coefficient (Wildman–Crippen LogP) is 3.32. The Balaban J connectivity index is 1.75. The Morgan fingerprint density at radius 2 is 1.54 bits per heavy atom. The van der Waals surface area contributed by atoms with Gasteiger partial charge in [-0.1, -0.05) is 6.92 Å². The molecule has 4 rings (SSSR count). The zero-order chi connectivity index (χ0) is 8.58. The van der Waals surface area contributed by atoms with Crippen molar-refractivity contribution in [3.8, 4) is 0 Å². The molecule has 0 radical (unpaired) electrons. The molecule has 0 saturated heterocycles. The zero-order valence-electron chi connectivity index (χ0n) is 8.58. The van der Waals surface area contributed by atoms with Gasteiger partial charge < -0.3 is 0 Å². The highest BCUT2D eigenvalue weighted by molar-refractivity contribution is 5.09. The average molecular weight is 176 g/mol. The van der Waals surface area contributed by atoms with E-state index in [4.69, 9.17) is 0 Å². The molecule has 13 heavy (non-hydrogen) atoms. The van der Waals surface area contributed by atoms with Gasteiger partial charge in [0, 0.05) is 0 Å². The third-order valence-corrected chi connectivity index (χ3v) is 6.07. The maximum absolute atomic E-state index is 2.52. The summed E-state index contributed by atoms with van der Waals surface area (Å²) in [4.78, 5) is 0. The van der Waals surface area contributed by atoms with Crippen LogP contribution in [0.25, 0.3) is 0 Å². The van der Waals surface area contributed by atoms with Crippen LogP contribution in [0, 0.1) is 41.4 Å². The maximum atomic E-state index is 2.52. The molecule has 0 N–H and O–H groups in total. The summed E-state index contributed by atoms with van der Waals surface area (Å²) in [7, 11) is 0. The molecule has 4 bridgehead atoms. The van der Waals surface area contributed by atoms with Crippen LogP contribution in [0.3, 0.4) is 0 Å². The molecule has 0 aromatic carbocycles. The molecule has 0 nitrogen and oxygen atoms in total. The van der Waals surface area contributed by atoms with Gasteiger partial charge in [0.1, 0.15) is 0 Å². The number of hydrogen-bond donors (Lipinski definition) is 0. The Hall–Kier alpha value is 0. The monoisotopic (exact) mass is 176 g/mol. The van der Waals surface area contributed by atoms with Crippen molar-refractivity contribution < 1.29 is 0 Å². The first-order chi connectivity index (χ1) is 6.34. The molecule has 0 amide bonds. The Morgan fingerprint density at radius 3 is 2.38 bits per heavy atom. The van der Waals surface area contributed by atoms with E-state index < -0.39 is 0 Å². The van der Waals surface area contributed by atoms with Crippen LogP contribution >= 0.6 is 0 Å². The van der Waals surface area contributed by atoms with Gasteiger partial charge in [-0.25, -0.2) is 0 Å². The molecular weight excluding hydrogens is 156 g/mol. The summed E-state index contributed by atoms with van der Waals surface area (Å²) in [6.45, 7) is 2.52. The third kappa shape index (κ3) is 0.714. The average Bonchev–Trinajstić information content (AvgIpc) is 2.78. The minimum absolute atomic E-state index is 1.09. The molecule has 0 heteroatoms. The molecule has 0 aromatic heterocycles. The van der Waals surface area contributed by atoms with Crippen LogP contribution in [0.5, 0.6) is 0 Å². The Kier molecular flexibility index (Phi) is 1.21. The van der Waals surface area contributed by atoms with Crippen LogP contribution < -0.4 is 0 Å². The molecular formula is C13H20. The van der Waals surface area contributed by atoms with Crippen LogP contribution in [-0.4, -0.2) is 0 Å². The number of rotatable bonds is 0. The van der Waals surface area contributed by atoms with E-state index in [0.717, 1.165) is 5.92 Å². The van der Waals surface area contributed by atoms with Crippen molar-refractivity contribution in [2.24, 2.45) is 41.4 Å². The van der Waals surface area contributed by atoms with E-state index in [2.05, 4.69) is 6.92 Å². The Bertz CT molecular complexity index is 244. The van der Waals surface area contributed by atoms with Crippen LogP contribution in [-0.2, 0) is 0 Å². The largest absolute Gasteiger partial charge is 0.0622 e. The first-order valence-corrected chi connectivity index (χ1v) is 6.34. The van der Waals surface area contributed by atoms with Gasteiger partial charge in [-0.05, 0) is 73.5 Å². The van der Waals surface area contributed by atoms with Crippen LogP contribution in [0.1, 0.15) is 39.0 Å². The molecule has 4 fully saturated rings. The van der Waals surface area contributed by atoms with Crippen LogP contribution in [0.2, 0.25) is 0 Å². The van der Waals surface area contributed by atoms with Crippen molar-refractivity contribution in [1.29, 1.82) is 0 Å². The van der Waals surface area contributed by atoms with E-state index in [1.165, 1.54) is 35.5 Å². The van der Waals surface area contributed by atoms with Gasteiger partial charge >= 0.3 is 0 Å². The Morgan fingerprint density at radius 1 is 0.769 bits per heavy atom. The fraction of sp³-hybridized carbons (Fsp3) is 1.00. The fourth-order valence-electron chi connectivity index (χ4n) is 5.90. The molecule has 72 valence electrons. The van der Waals surface area contributed by atoms with Crippen molar-refractivity contribution in [3.05, 3.63) is 0 Å². The number of hydrogen-bond acceptors (Lipinski definition) is 0. The SMILES string of the molecule is CC1CC2CC1C1C3CCC(C3)C21. The third-order valence-electron chi connectivity index (χ3n) is 6.07. The highest BCUT2D eigenvalue weighted by atomic mass is 14.7. The quantitative estimate of drug-likeness (QED) is 0.497. The summed E-state index contributed by atoms with van der Waals surface area (Å²) in [5.41, 5.74) is 0. The van der Waals surface area contributed by atoms with E-state index in [9.17, 15) is 0 Å². The lowest BCUT2D eigenvalue weighted by Crippen LogP contribution is -2.31. The van der Waals surface area contributed by atoms with Crippen molar-refractivity contribution in [2.75, 3.05) is 0 Å². The van der Waals surface area contributed by atoms with Gasteiger partial charge in [-0.15, -0.1) is 0 Å². The normalized spacial score (nSPS) is 67.6. The lowest BCUT2D eigenvalue weighted by Gasteiger charge is -2.37. The molecule has 0 heterocycles. The second-order valence-corrected chi connectivity index (χ2v) is 6.36. The smallest absolute Gasteiger partial charge is 0.0321 e. The molecule has 7 unspecified atom stereocenters. The lowest BCUT2D eigenvalue weighted by molar-refractivity contribution is 0.112. The van der Waals surface area contributed by atoms with E-state index in [1.807, 2.05) is 0 Å². The van der Waals surface area contributed by atoms with Gasteiger partial charge in [0.15, 0.2) is 0 Å². The minimum Gasteiger partial charge on any atom is -0.0622 e. The van der Waals surface area contributed by atoms with Crippen molar-refractivity contribution in [2.45, 2.75) is 39.0 Å². The fourth-order valence-corrected chi connectivity index (χ4v) is 5.90. The molecule has 4 saturated carbocycles. The van der Waals surface area contributed by atoms with Crippen molar-refractivity contribution in [1.82, 2.24) is 0 Å². The van der Waals surface area contributed by atoms with E-state index in [1.54, 1.807) is 32.1 Å². The van der Waals surface area contributed by atoms with E-state index in [0.29, 0.717) is 0 Å². The predicted molar refractivity (Wildman–Crippen MR) is 53.2 cm³/mol. The highest BCUT2D eigenvalue weighted by Crippen LogP contribution is 2.68. The maximum Gasteiger partial charge on any atom is -0.0321 e. The summed E-state index contributed by atoms with van der Waals surface area (Å²) in [5.74, 6) is 8.26. The minimum atomic E-state index is 1.09. The van der Waals surface area contributed by atoms with Crippen LogP contribution in [0.15, 0.2) is 0 Å². The first-order valence-electron chi connectivity index (χ1n) is 6.34. The van der Waals surface area contributed by atoms with E-state index >= 15 is 0 Å². The Labute approximate surface area is 81.1 Å². The molecule has 0 spiro atoms. The molecule has 0 aromatic rings. The van der Waals surface area contributed by atoms with E-state index in [-0.39, 0.29) is 0 Å². The van der Waals surface area contributed by atoms with Gasteiger partial charge in [0.05, 0.1) is 0 Å². The zero-order valence-corrected chi connectivity index (χ0v) is 8.58. The molecule has 0 aliphatic heterocycles. The first kappa shape index (κ1) is 7.31. The number of fused-ring (bicyclic) bond motifs is 9. The summed E-state index contributed by atoms with van der Waals surface area (Å²) >= 11 is 0. The second kappa shape index (κ2) is 2.15. The second-order valence-electron chi connectivity index (χ2n) is 6.36. The van der Waals surface area contributed by atoms with Crippen LogP contribution in [0.4, 0.5) is 0 Å². The topological polar surface area (TPSA) is 0 Å².